The van der Waals surface area contributed by atoms with Crippen LogP contribution in [0.5, 0.6) is 0 Å². The van der Waals surface area contributed by atoms with Crippen LogP contribution in [0.25, 0.3) is 5.65 Å². The molecule has 1 atom stereocenters. The van der Waals surface area contributed by atoms with Gasteiger partial charge >= 0.3 is 0 Å². The van der Waals surface area contributed by atoms with Crippen LogP contribution in [0.2, 0.25) is 5.02 Å². The van der Waals surface area contributed by atoms with Crippen molar-refractivity contribution in [3.8, 4) is 0 Å². The number of hydrogen-bond donors (Lipinski definition) is 2. The second-order valence-electron chi connectivity index (χ2n) is 5.27. The maximum absolute atomic E-state index is 12.1. The molecule has 3 aromatic rings. The second kappa shape index (κ2) is 6.40. The first kappa shape index (κ1) is 15.5. The number of halogens is 1. The average Bonchev–Trinajstić information content (AvgIpc) is 2.97. The van der Waals surface area contributed by atoms with Crippen molar-refractivity contribution in [1.29, 1.82) is 0 Å². The van der Waals surface area contributed by atoms with Gasteiger partial charge in [-0.3, -0.25) is 4.79 Å². The monoisotopic (exact) mass is 329 g/mol. The van der Waals surface area contributed by atoms with Crippen molar-refractivity contribution >= 4 is 23.2 Å². The lowest BCUT2D eigenvalue weighted by atomic mass is 10.1. The summed E-state index contributed by atoms with van der Waals surface area (Å²) in [6, 6.07) is 12.5. The van der Waals surface area contributed by atoms with E-state index < -0.39 is 12.0 Å². The predicted molar refractivity (Wildman–Crippen MR) is 88.2 cm³/mol. The van der Waals surface area contributed by atoms with Crippen molar-refractivity contribution in [3.05, 3.63) is 70.6 Å². The Balaban J connectivity index is 1.70. The minimum Gasteiger partial charge on any atom is -0.378 e. The van der Waals surface area contributed by atoms with Crippen LogP contribution in [-0.4, -0.2) is 20.4 Å². The third-order valence-corrected chi connectivity index (χ3v) is 3.98. The van der Waals surface area contributed by atoms with Crippen molar-refractivity contribution in [3.63, 3.8) is 0 Å². The number of fused-ring (bicyclic) bond motifs is 1. The van der Waals surface area contributed by atoms with Crippen LogP contribution in [0.4, 0.5) is 0 Å². The minimum atomic E-state index is -1.30. The van der Waals surface area contributed by atoms with Crippen LogP contribution in [0.15, 0.2) is 48.7 Å². The predicted octanol–water partition coefficient (Wildman–Crippen LogP) is 2.65. The molecule has 2 N–H and O–H groups in total. The minimum absolute atomic E-state index is 0.238. The van der Waals surface area contributed by atoms with Crippen LogP contribution in [0, 0.1) is 6.92 Å². The number of rotatable bonds is 4. The van der Waals surface area contributed by atoms with Gasteiger partial charge in [0, 0.05) is 22.5 Å². The number of carbonyl (C=O) groups excluding carboxylic acids is 1. The highest BCUT2D eigenvalue weighted by Crippen LogP contribution is 2.22. The van der Waals surface area contributed by atoms with E-state index >= 15 is 0 Å². The van der Waals surface area contributed by atoms with E-state index in [9.17, 15) is 9.90 Å². The molecule has 0 aliphatic heterocycles. The molecule has 2 aromatic heterocycles. The quantitative estimate of drug-likeness (QED) is 0.773. The number of amides is 1. The Morgan fingerprint density at radius 2 is 2.09 bits per heavy atom. The highest BCUT2D eigenvalue weighted by molar-refractivity contribution is 6.31. The maximum atomic E-state index is 12.1. The summed E-state index contributed by atoms with van der Waals surface area (Å²) in [5.74, 6) is -0.508. The SMILES string of the molecule is Cc1cccc2nc(CNC(=O)[C@H](O)c3ccccc3Cl)cn12. The molecule has 0 radical (unpaired) electrons. The Morgan fingerprint density at radius 1 is 1.30 bits per heavy atom. The van der Waals surface area contributed by atoms with Crippen molar-refractivity contribution in [2.24, 2.45) is 0 Å². The molecule has 3 rings (SSSR count). The first-order valence-corrected chi connectivity index (χ1v) is 7.58. The van der Waals surface area contributed by atoms with Gasteiger partial charge in [0.1, 0.15) is 5.65 Å². The number of aliphatic hydroxyl groups is 1. The van der Waals surface area contributed by atoms with Gasteiger partial charge in [-0.2, -0.15) is 0 Å². The van der Waals surface area contributed by atoms with Gasteiger partial charge in [0.15, 0.2) is 6.10 Å². The molecule has 0 unspecified atom stereocenters. The molecule has 0 fully saturated rings. The Labute approximate surface area is 138 Å². The van der Waals surface area contributed by atoms with Gasteiger partial charge in [-0.25, -0.2) is 4.98 Å². The van der Waals surface area contributed by atoms with E-state index in [2.05, 4.69) is 10.3 Å². The van der Waals surface area contributed by atoms with E-state index in [0.29, 0.717) is 10.6 Å². The Bertz CT molecular complexity index is 860. The van der Waals surface area contributed by atoms with E-state index in [1.807, 2.05) is 35.7 Å². The zero-order valence-corrected chi connectivity index (χ0v) is 13.3. The van der Waals surface area contributed by atoms with E-state index in [4.69, 9.17) is 11.6 Å². The van der Waals surface area contributed by atoms with Gasteiger partial charge in [0.25, 0.3) is 5.91 Å². The number of aryl methyl sites for hydroxylation is 1. The van der Waals surface area contributed by atoms with E-state index in [0.717, 1.165) is 17.0 Å². The highest BCUT2D eigenvalue weighted by atomic mass is 35.5. The number of hydrogen-bond acceptors (Lipinski definition) is 3. The highest BCUT2D eigenvalue weighted by Gasteiger charge is 2.19. The van der Waals surface area contributed by atoms with Crippen molar-refractivity contribution < 1.29 is 9.90 Å². The summed E-state index contributed by atoms with van der Waals surface area (Å²) in [4.78, 5) is 16.5. The third kappa shape index (κ3) is 3.21. The smallest absolute Gasteiger partial charge is 0.253 e. The van der Waals surface area contributed by atoms with Crippen molar-refractivity contribution in [2.45, 2.75) is 19.6 Å². The number of carbonyl (C=O) groups is 1. The number of benzene rings is 1. The number of imidazole rings is 1. The molecule has 0 aliphatic carbocycles. The molecule has 0 spiro atoms. The standard InChI is InChI=1S/C17H16ClN3O2/c1-11-5-4-8-15-20-12(10-21(11)15)9-19-17(23)16(22)13-6-2-3-7-14(13)18/h2-8,10,16,22H,9H2,1H3,(H,19,23)/t16-/m1/s1. The summed E-state index contributed by atoms with van der Waals surface area (Å²) in [5.41, 5.74) is 2.99. The lowest BCUT2D eigenvalue weighted by Crippen LogP contribution is -2.29. The molecule has 1 amide bonds. The zero-order valence-electron chi connectivity index (χ0n) is 12.5. The third-order valence-electron chi connectivity index (χ3n) is 3.64. The lowest BCUT2D eigenvalue weighted by molar-refractivity contribution is -0.129. The number of aromatic nitrogens is 2. The fraction of sp³-hybridized carbons (Fsp3) is 0.176. The first-order valence-electron chi connectivity index (χ1n) is 7.20. The summed E-state index contributed by atoms with van der Waals surface area (Å²) < 4.78 is 1.95. The van der Waals surface area contributed by atoms with E-state index in [1.165, 1.54) is 0 Å². The van der Waals surface area contributed by atoms with Gasteiger partial charge in [0.05, 0.1) is 12.2 Å². The topological polar surface area (TPSA) is 66.6 Å². The lowest BCUT2D eigenvalue weighted by Gasteiger charge is -2.12. The molecule has 0 bridgehead atoms. The fourth-order valence-electron chi connectivity index (χ4n) is 2.40. The molecular weight excluding hydrogens is 314 g/mol. The van der Waals surface area contributed by atoms with Gasteiger partial charge in [-0.05, 0) is 25.1 Å². The Morgan fingerprint density at radius 3 is 2.83 bits per heavy atom. The number of nitrogens with one attached hydrogen (secondary N) is 1. The van der Waals surface area contributed by atoms with E-state index in [1.54, 1.807) is 24.3 Å². The number of aliphatic hydroxyl groups excluding tert-OH is 1. The molecular formula is C17H16ClN3O2. The Hall–Kier alpha value is -2.37. The molecule has 23 heavy (non-hydrogen) atoms. The number of pyridine rings is 1. The van der Waals surface area contributed by atoms with Crippen molar-refractivity contribution in [1.82, 2.24) is 14.7 Å². The van der Waals surface area contributed by atoms with Crippen LogP contribution < -0.4 is 5.32 Å². The largest absolute Gasteiger partial charge is 0.378 e. The van der Waals surface area contributed by atoms with Crippen LogP contribution in [0.1, 0.15) is 23.1 Å². The molecule has 0 saturated heterocycles. The van der Waals surface area contributed by atoms with Crippen molar-refractivity contribution in [2.75, 3.05) is 0 Å². The van der Waals surface area contributed by atoms with Gasteiger partial charge in [0.2, 0.25) is 0 Å². The average molecular weight is 330 g/mol. The molecule has 118 valence electrons. The first-order chi connectivity index (χ1) is 11.1. The summed E-state index contributed by atoms with van der Waals surface area (Å²) in [6.45, 7) is 2.22. The zero-order chi connectivity index (χ0) is 16.4. The molecule has 5 nitrogen and oxygen atoms in total. The number of nitrogens with zero attached hydrogens (tertiary/aromatic N) is 2. The summed E-state index contributed by atoms with van der Waals surface area (Å²) in [6.07, 6.45) is 0.565. The van der Waals surface area contributed by atoms with Crippen LogP contribution in [0.3, 0.4) is 0 Å². The van der Waals surface area contributed by atoms with Gasteiger partial charge in [-0.15, -0.1) is 0 Å². The normalized spacial score (nSPS) is 12.3. The fourth-order valence-corrected chi connectivity index (χ4v) is 2.64. The van der Waals surface area contributed by atoms with Crippen LogP contribution in [-0.2, 0) is 11.3 Å². The molecule has 2 heterocycles. The summed E-state index contributed by atoms with van der Waals surface area (Å²) in [5, 5.41) is 13.2. The maximum Gasteiger partial charge on any atom is 0.253 e. The summed E-state index contributed by atoms with van der Waals surface area (Å²) in [7, 11) is 0. The molecule has 0 saturated carbocycles. The summed E-state index contributed by atoms with van der Waals surface area (Å²) >= 11 is 6.00. The molecule has 6 heteroatoms. The van der Waals surface area contributed by atoms with Gasteiger partial charge in [-0.1, -0.05) is 35.9 Å². The Kier molecular flexibility index (Phi) is 4.32. The van der Waals surface area contributed by atoms with E-state index in [-0.39, 0.29) is 6.54 Å². The van der Waals surface area contributed by atoms with Gasteiger partial charge < -0.3 is 14.8 Å². The molecule has 0 aliphatic rings. The molecule has 1 aromatic carbocycles. The second-order valence-corrected chi connectivity index (χ2v) is 5.68. The van der Waals surface area contributed by atoms with Crippen LogP contribution >= 0.6 is 11.6 Å².